The lowest BCUT2D eigenvalue weighted by atomic mass is 9.93. The summed E-state index contributed by atoms with van der Waals surface area (Å²) in [6.45, 7) is 5.41. The van der Waals surface area contributed by atoms with E-state index in [1.54, 1.807) is 12.5 Å². The number of halogens is 5. The van der Waals surface area contributed by atoms with Crippen LogP contribution in [0.15, 0.2) is 29.8 Å². The number of hydrogen-bond acceptors (Lipinski definition) is 2. The average Bonchev–Trinajstić information content (AvgIpc) is 3.20. The Balaban J connectivity index is 0.00000300. The summed E-state index contributed by atoms with van der Waals surface area (Å²) in [5.74, 6) is -4.82. The van der Waals surface area contributed by atoms with E-state index in [-0.39, 0.29) is 36.1 Å². The highest BCUT2D eigenvalue weighted by Crippen LogP contribution is 2.27. The highest BCUT2D eigenvalue weighted by molar-refractivity contribution is 14.0. The van der Waals surface area contributed by atoms with Crippen LogP contribution < -0.4 is 5.32 Å². The van der Waals surface area contributed by atoms with Crippen molar-refractivity contribution in [2.45, 2.75) is 32.9 Å². The van der Waals surface area contributed by atoms with Crippen molar-refractivity contribution in [1.82, 2.24) is 19.8 Å². The number of guanidine groups is 1. The van der Waals surface area contributed by atoms with Gasteiger partial charge in [0, 0.05) is 38.1 Å². The molecule has 0 bridgehead atoms. The molecule has 10 heteroatoms. The second-order valence-corrected chi connectivity index (χ2v) is 6.91. The van der Waals surface area contributed by atoms with Gasteiger partial charge in [-0.25, -0.2) is 27.5 Å². The standard InChI is InChI=1S/C19H23F4N5.HI/c1-3-25-19(26-9-13-17(22)14(20)8-15(21)18(13)23)27-6-4-12(2)16(10-27)28-7-5-24-11-28;/h5,7-8,11-12,16H,3-4,6,9-10H2,1-2H3,(H,25,26);1H. The number of benzene rings is 1. The largest absolute Gasteiger partial charge is 0.357 e. The first kappa shape index (κ1) is 23.4. The van der Waals surface area contributed by atoms with Crippen LogP contribution >= 0.6 is 24.0 Å². The fourth-order valence-corrected chi connectivity index (χ4v) is 3.44. The van der Waals surface area contributed by atoms with Gasteiger partial charge in [0.1, 0.15) is 0 Å². The summed E-state index contributed by atoms with van der Waals surface area (Å²) in [4.78, 5) is 10.3. The second-order valence-electron chi connectivity index (χ2n) is 6.91. The molecule has 1 N–H and O–H groups in total. The predicted octanol–water partition coefficient (Wildman–Crippen LogP) is 4.11. The first-order valence-corrected chi connectivity index (χ1v) is 9.24. The van der Waals surface area contributed by atoms with Crippen molar-refractivity contribution in [3.05, 3.63) is 53.6 Å². The second kappa shape index (κ2) is 10.3. The van der Waals surface area contributed by atoms with E-state index in [2.05, 4.69) is 22.2 Å². The fourth-order valence-electron chi connectivity index (χ4n) is 3.44. The van der Waals surface area contributed by atoms with E-state index in [4.69, 9.17) is 0 Å². The summed E-state index contributed by atoms with van der Waals surface area (Å²) < 4.78 is 56.7. The molecule has 160 valence electrons. The molecule has 0 aliphatic carbocycles. The summed E-state index contributed by atoms with van der Waals surface area (Å²) in [6.07, 6.45) is 6.27. The van der Waals surface area contributed by atoms with Gasteiger partial charge < -0.3 is 14.8 Å². The number of aromatic nitrogens is 2. The molecule has 0 amide bonds. The number of imidazole rings is 1. The average molecular weight is 525 g/mol. The van der Waals surface area contributed by atoms with Crippen LogP contribution in [0.4, 0.5) is 17.6 Å². The Kier molecular flexibility index (Phi) is 8.29. The molecule has 2 heterocycles. The molecular formula is C19H24F4IN5. The zero-order chi connectivity index (χ0) is 20.3. The molecule has 5 nitrogen and oxygen atoms in total. The Morgan fingerprint density at radius 3 is 2.52 bits per heavy atom. The highest BCUT2D eigenvalue weighted by atomic mass is 127. The van der Waals surface area contributed by atoms with Gasteiger partial charge in [-0.05, 0) is 19.3 Å². The third kappa shape index (κ3) is 5.20. The van der Waals surface area contributed by atoms with E-state index in [0.717, 1.165) is 6.42 Å². The van der Waals surface area contributed by atoms with Gasteiger partial charge in [-0.1, -0.05) is 6.92 Å². The van der Waals surface area contributed by atoms with E-state index in [9.17, 15) is 17.6 Å². The summed E-state index contributed by atoms with van der Waals surface area (Å²) in [5.41, 5.74) is -0.718. The fraction of sp³-hybridized carbons (Fsp3) is 0.474. The molecule has 0 radical (unpaired) electrons. The number of hydrogen-bond donors (Lipinski definition) is 1. The first-order chi connectivity index (χ1) is 13.4. The molecule has 1 aliphatic heterocycles. The SMILES string of the molecule is CCNC(=NCc1c(F)c(F)cc(F)c1F)N1CCC(C)C(n2ccnc2)C1.I. The number of nitrogens with zero attached hydrogens (tertiary/aromatic N) is 4. The molecule has 1 aliphatic rings. The number of likely N-dealkylation sites (tertiary alicyclic amines) is 1. The zero-order valence-corrected chi connectivity index (χ0v) is 18.5. The smallest absolute Gasteiger partial charge is 0.194 e. The third-order valence-electron chi connectivity index (χ3n) is 5.05. The van der Waals surface area contributed by atoms with Gasteiger partial charge in [-0.15, -0.1) is 24.0 Å². The summed E-state index contributed by atoms with van der Waals surface area (Å²) >= 11 is 0. The quantitative estimate of drug-likeness (QED) is 0.215. The lowest BCUT2D eigenvalue weighted by Gasteiger charge is -2.39. The number of nitrogens with one attached hydrogen (secondary N) is 1. The van der Waals surface area contributed by atoms with Crippen LogP contribution in [-0.4, -0.2) is 40.0 Å². The first-order valence-electron chi connectivity index (χ1n) is 9.24. The highest BCUT2D eigenvalue weighted by Gasteiger charge is 2.29. The Morgan fingerprint density at radius 1 is 1.24 bits per heavy atom. The molecule has 1 aromatic carbocycles. The molecule has 1 saturated heterocycles. The van der Waals surface area contributed by atoms with E-state index >= 15 is 0 Å². The van der Waals surface area contributed by atoms with E-state index < -0.39 is 35.4 Å². The maximum atomic E-state index is 13.9. The number of piperidine rings is 1. The predicted molar refractivity (Wildman–Crippen MR) is 113 cm³/mol. The Morgan fingerprint density at radius 2 is 1.93 bits per heavy atom. The van der Waals surface area contributed by atoms with Gasteiger partial charge in [0.15, 0.2) is 29.2 Å². The lowest BCUT2D eigenvalue weighted by Crippen LogP contribution is -2.49. The molecule has 2 unspecified atom stereocenters. The normalized spacial score (nSPS) is 19.8. The van der Waals surface area contributed by atoms with E-state index in [0.29, 0.717) is 31.5 Å². The number of rotatable bonds is 4. The molecule has 2 aromatic rings. The minimum atomic E-state index is -1.43. The van der Waals surface area contributed by atoms with Crippen molar-refractivity contribution in [3.63, 3.8) is 0 Å². The van der Waals surface area contributed by atoms with E-state index in [1.807, 2.05) is 22.6 Å². The molecule has 0 saturated carbocycles. The zero-order valence-electron chi connectivity index (χ0n) is 16.2. The van der Waals surface area contributed by atoms with Crippen LogP contribution in [0, 0.1) is 29.2 Å². The van der Waals surface area contributed by atoms with Crippen LogP contribution in [0.5, 0.6) is 0 Å². The van der Waals surface area contributed by atoms with Crippen molar-refractivity contribution in [1.29, 1.82) is 0 Å². The maximum absolute atomic E-state index is 13.9. The summed E-state index contributed by atoms with van der Waals surface area (Å²) in [6, 6.07) is 0.366. The Hall–Kier alpha value is -1.85. The van der Waals surface area contributed by atoms with Crippen LogP contribution in [-0.2, 0) is 6.54 Å². The lowest BCUT2D eigenvalue weighted by molar-refractivity contribution is 0.189. The van der Waals surface area contributed by atoms with Crippen molar-refractivity contribution >= 4 is 29.9 Å². The van der Waals surface area contributed by atoms with Crippen molar-refractivity contribution in [2.75, 3.05) is 19.6 Å². The molecule has 2 atom stereocenters. The van der Waals surface area contributed by atoms with Crippen molar-refractivity contribution < 1.29 is 17.6 Å². The van der Waals surface area contributed by atoms with Gasteiger partial charge in [-0.3, -0.25) is 0 Å². The van der Waals surface area contributed by atoms with Crippen LogP contribution in [0.3, 0.4) is 0 Å². The molecule has 29 heavy (non-hydrogen) atoms. The van der Waals surface area contributed by atoms with Gasteiger partial charge in [-0.2, -0.15) is 0 Å². The summed E-state index contributed by atoms with van der Waals surface area (Å²) in [5, 5.41) is 3.09. The maximum Gasteiger partial charge on any atom is 0.194 e. The Labute approximate surface area is 184 Å². The monoisotopic (exact) mass is 525 g/mol. The van der Waals surface area contributed by atoms with Crippen LogP contribution in [0.1, 0.15) is 31.9 Å². The molecule has 1 fully saturated rings. The van der Waals surface area contributed by atoms with Gasteiger partial charge in [0.05, 0.1) is 24.5 Å². The number of aliphatic imine (C=N–C) groups is 1. The van der Waals surface area contributed by atoms with Crippen LogP contribution in [0.2, 0.25) is 0 Å². The van der Waals surface area contributed by atoms with Crippen molar-refractivity contribution in [2.24, 2.45) is 10.9 Å². The molecule has 1 aromatic heterocycles. The van der Waals surface area contributed by atoms with Crippen molar-refractivity contribution in [3.8, 4) is 0 Å². The minimum absolute atomic E-state index is 0. The van der Waals surface area contributed by atoms with Gasteiger partial charge in [0.25, 0.3) is 0 Å². The van der Waals surface area contributed by atoms with Gasteiger partial charge in [0.2, 0.25) is 0 Å². The van der Waals surface area contributed by atoms with E-state index in [1.165, 1.54) is 0 Å². The minimum Gasteiger partial charge on any atom is -0.357 e. The van der Waals surface area contributed by atoms with Crippen LogP contribution in [0.25, 0.3) is 0 Å². The Bertz CT molecular complexity index is 817. The third-order valence-corrected chi connectivity index (χ3v) is 5.05. The molecule has 3 rings (SSSR count). The van der Waals surface area contributed by atoms with Gasteiger partial charge >= 0.3 is 0 Å². The molecule has 0 spiro atoms. The topological polar surface area (TPSA) is 45.5 Å². The summed E-state index contributed by atoms with van der Waals surface area (Å²) in [7, 11) is 0. The molecular weight excluding hydrogens is 501 g/mol.